The molecule has 2 aromatic rings. The maximum Gasteiger partial charge on any atom is 0.138 e. The maximum absolute atomic E-state index is 13.7. The average Bonchev–Trinajstić information content (AvgIpc) is 2.48. The molecule has 0 atom stereocenters. The van der Waals surface area contributed by atoms with Gasteiger partial charge in [0.25, 0.3) is 0 Å². The van der Waals surface area contributed by atoms with Gasteiger partial charge >= 0.3 is 0 Å². The highest BCUT2D eigenvalue weighted by Crippen LogP contribution is 2.26. The van der Waals surface area contributed by atoms with Crippen LogP contribution in [-0.2, 0) is 13.0 Å². The van der Waals surface area contributed by atoms with E-state index in [-0.39, 0.29) is 12.2 Å². The Morgan fingerprint density at radius 3 is 2.67 bits per heavy atom. The fraction of sp³-hybridized carbons (Fsp3) is 0.188. The van der Waals surface area contributed by atoms with Crippen LogP contribution in [0.2, 0.25) is 5.02 Å². The Kier molecular flexibility index (Phi) is 5.15. The minimum Gasteiger partial charge on any atom is -0.487 e. The van der Waals surface area contributed by atoms with Crippen LogP contribution in [-0.4, -0.2) is 6.54 Å². The van der Waals surface area contributed by atoms with Crippen LogP contribution in [0.3, 0.4) is 0 Å². The predicted molar refractivity (Wildman–Crippen MR) is 79.7 cm³/mol. The fourth-order valence-corrected chi connectivity index (χ4v) is 2.13. The molecule has 5 heteroatoms. The molecule has 0 saturated carbocycles. The van der Waals surface area contributed by atoms with Crippen LogP contribution in [0.5, 0.6) is 5.75 Å². The summed E-state index contributed by atoms with van der Waals surface area (Å²) >= 11 is 6.12. The molecule has 0 bridgehead atoms. The molecule has 0 heterocycles. The highest BCUT2D eigenvalue weighted by atomic mass is 35.5. The quantitative estimate of drug-likeness (QED) is 0.920. The van der Waals surface area contributed by atoms with Crippen LogP contribution in [0.15, 0.2) is 36.4 Å². The molecule has 2 aromatic carbocycles. The lowest BCUT2D eigenvalue weighted by Crippen LogP contribution is -2.03. The minimum atomic E-state index is -0.468. The van der Waals surface area contributed by atoms with Crippen molar-refractivity contribution < 1.29 is 9.13 Å². The van der Waals surface area contributed by atoms with Gasteiger partial charge in [-0.2, -0.15) is 5.26 Å². The van der Waals surface area contributed by atoms with Gasteiger partial charge in [-0.1, -0.05) is 23.7 Å². The van der Waals surface area contributed by atoms with Gasteiger partial charge in [0.05, 0.1) is 16.7 Å². The van der Waals surface area contributed by atoms with E-state index in [0.717, 1.165) is 12.0 Å². The third-order valence-corrected chi connectivity index (χ3v) is 3.29. The average molecular weight is 305 g/mol. The Balaban J connectivity index is 2.08. The number of hydrogen-bond donors (Lipinski definition) is 1. The van der Waals surface area contributed by atoms with Gasteiger partial charge in [0.2, 0.25) is 0 Å². The second kappa shape index (κ2) is 7.07. The van der Waals surface area contributed by atoms with Crippen LogP contribution in [0.4, 0.5) is 4.39 Å². The summed E-state index contributed by atoms with van der Waals surface area (Å²) < 4.78 is 19.3. The molecule has 2 N–H and O–H groups in total. The van der Waals surface area contributed by atoms with Crippen molar-refractivity contribution in [2.75, 3.05) is 6.54 Å². The summed E-state index contributed by atoms with van der Waals surface area (Å²) in [4.78, 5) is 0. The van der Waals surface area contributed by atoms with E-state index in [0.29, 0.717) is 22.9 Å². The van der Waals surface area contributed by atoms with E-state index in [2.05, 4.69) is 0 Å². The molecule has 0 radical (unpaired) electrons. The maximum atomic E-state index is 13.7. The zero-order valence-corrected chi connectivity index (χ0v) is 12.0. The molecule has 0 aromatic heterocycles. The summed E-state index contributed by atoms with van der Waals surface area (Å²) in [6.45, 7) is 0.598. The van der Waals surface area contributed by atoms with Crippen molar-refractivity contribution in [3.8, 4) is 11.8 Å². The molecule has 21 heavy (non-hydrogen) atoms. The van der Waals surface area contributed by atoms with Gasteiger partial charge in [-0.25, -0.2) is 4.39 Å². The summed E-state index contributed by atoms with van der Waals surface area (Å²) in [5, 5.41) is 9.16. The largest absolute Gasteiger partial charge is 0.487 e. The van der Waals surface area contributed by atoms with Crippen molar-refractivity contribution in [3.63, 3.8) is 0 Å². The molecule has 108 valence electrons. The number of ether oxygens (including phenoxy) is 1. The van der Waals surface area contributed by atoms with Crippen LogP contribution in [0.25, 0.3) is 0 Å². The lowest BCUT2D eigenvalue weighted by Gasteiger charge is -2.10. The van der Waals surface area contributed by atoms with Crippen molar-refractivity contribution in [2.45, 2.75) is 13.0 Å². The number of benzene rings is 2. The van der Waals surface area contributed by atoms with Gasteiger partial charge in [-0.05, 0) is 42.8 Å². The second-order valence-corrected chi connectivity index (χ2v) is 4.92. The van der Waals surface area contributed by atoms with E-state index in [1.165, 1.54) is 12.1 Å². The number of nitrogens with two attached hydrogens (primary N) is 1. The van der Waals surface area contributed by atoms with Crippen molar-refractivity contribution in [2.24, 2.45) is 5.73 Å². The van der Waals surface area contributed by atoms with Gasteiger partial charge in [-0.3, -0.25) is 0 Å². The number of halogens is 2. The van der Waals surface area contributed by atoms with Crippen molar-refractivity contribution >= 4 is 11.6 Å². The monoisotopic (exact) mass is 304 g/mol. The summed E-state index contributed by atoms with van der Waals surface area (Å²) in [5.74, 6) is 0.0196. The SMILES string of the molecule is N#Cc1ccc(COc2ccc(CCN)cc2Cl)c(F)c1. The predicted octanol–water partition coefficient (Wildman–Crippen LogP) is 3.43. The zero-order chi connectivity index (χ0) is 15.2. The molecule has 3 nitrogen and oxygen atoms in total. The molecule has 0 saturated heterocycles. The van der Waals surface area contributed by atoms with Crippen molar-refractivity contribution in [1.82, 2.24) is 0 Å². The first-order chi connectivity index (χ1) is 10.1. The Hall–Kier alpha value is -2.09. The van der Waals surface area contributed by atoms with E-state index < -0.39 is 5.82 Å². The Bertz CT molecular complexity index is 682. The molecule has 0 aliphatic heterocycles. The number of nitriles is 1. The summed E-state index contributed by atoms with van der Waals surface area (Å²) in [7, 11) is 0. The molecule has 0 amide bonds. The van der Waals surface area contributed by atoms with Crippen molar-refractivity contribution in [3.05, 3.63) is 63.9 Å². The highest BCUT2D eigenvalue weighted by molar-refractivity contribution is 6.32. The molecule has 0 fully saturated rings. The lowest BCUT2D eigenvalue weighted by molar-refractivity contribution is 0.300. The minimum absolute atomic E-state index is 0.0491. The third-order valence-electron chi connectivity index (χ3n) is 2.99. The van der Waals surface area contributed by atoms with E-state index in [4.69, 9.17) is 27.3 Å². The number of rotatable bonds is 5. The topological polar surface area (TPSA) is 59.0 Å². The third kappa shape index (κ3) is 3.94. The normalized spacial score (nSPS) is 10.2. The molecule has 0 unspecified atom stereocenters. The van der Waals surface area contributed by atoms with Crippen LogP contribution < -0.4 is 10.5 Å². The Labute approximate surface area is 127 Å². The van der Waals surface area contributed by atoms with Crippen molar-refractivity contribution in [1.29, 1.82) is 5.26 Å². The van der Waals surface area contributed by atoms with Crippen LogP contribution in [0, 0.1) is 17.1 Å². The Morgan fingerprint density at radius 2 is 2.05 bits per heavy atom. The Morgan fingerprint density at radius 1 is 1.24 bits per heavy atom. The standard InChI is InChI=1S/C16H14ClFN2O/c17-14-7-11(5-6-19)2-4-16(14)21-10-13-3-1-12(9-20)8-15(13)18/h1-4,7-8H,5-6,10,19H2. The molecule has 0 aliphatic rings. The first kappa shape index (κ1) is 15.3. The summed E-state index contributed by atoms with van der Waals surface area (Å²) in [6.07, 6.45) is 0.740. The highest BCUT2D eigenvalue weighted by Gasteiger charge is 2.07. The summed E-state index contributed by atoms with van der Waals surface area (Å²) in [5.41, 5.74) is 7.16. The van der Waals surface area contributed by atoms with E-state index in [9.17, 15) is 4.39 Å². The first-order valence-electron chi connectivity index (χ1n) is 6.44. The van der Waals surface area contributed by atoms with Crippen LogP contribution in [0.1, 0.15) is 16.7 Å². The molecular weight excluding hydrogens is 291 g/mol. The molecule has 0 aliphatic carbocycles. The van der Waals surface area contributed by atoms with Gasteiger partial charge in [0.15, 0.2) is 0 Å². The van der Waals surface area contributed by atoms with E-state index in [1.54, 1.807) is 18.2 Å². The zero-order valence-electron chi connectivity index (χ0n) is 11.3. The second-order valence-electron chi connectivity index (χ2n) is 4.51. The first-order valence-corrected chi connectivity index (χ1v) is 6.81. The van der Waals surface area contributed by atoms with Gasteiger partial charge in [-0.15, -0.1) is 0 Å². The molecular formula is C16H14ClFN2O. The summed E-state index contributed by atoms with van der Waals surface area (Å²) in [6, 6.07) is 11.6. The van der Waals surface area contributed by atoms with Gasteiger partial charge < -0.3 is 10.5 Å². The van der Waals surface area contributed by atoms with E-state index >= 15 is 0 Å². The van der Waals surface area contributed by atoms with Gasteiger partial charge in [0, 0.05) is 5.56 Å². The molecule has 0 spiro atoms. The number of nitrogens with zero attached hydrogens (tertiary/aromatic N) is 1. The number of hydrogen-bond acceptors (Lipinski definition) is 3. The van der Waals surface area contributed by atoms with E-state index in [1.807, 2.05) is 12.1 Å². The van der Waals surface area contributed by atoms with Crippen LogP contribution >= 0.6 is 11.6 Å². The smallest absolute Gasteiger partial charge is 0.138 e. The lowest BCUT2D eigenvalue weighted by atomic mass is 10.1. The fourth-order valence-electron chi connectivity index (χ4n) is 1.87. The molecule has 2 rings (SSSR count). The van der Waals surface area contributed by atoms with Gasteiger partial charge in [0.1, 0.15) is 18.2 Å².